The zero-order valence-electron chi connectivity index (χ0n) is 16.9. The van der Waals surface area contributed by atoms with Gasteiger partial charge in [-0.15, -0.1) is 11.3 Å². The SMILES string of the molecule is CON=C(C=O)c1csc(NC(c2ccccc2)(c2ccccc2)c2ccccc2)n1. The van der Waals surface area contributed by atoms with Crippen LogP contribution in [-0.4, -0.2) is 24.1 Å². The minimum Gasteiger partial charge on any atom is -0.398 e. The van der Waals surface area contributed by atoms with E-state index in [1.165, 1.54) is 18.4 Å². The summed E-state index contributed by atoms with van der Waals surface area (Å²) in [4.78, 5) is 20.8. The first-order valence-electron chi connectivity index (χ1n) is 9.75. The van der Waals surface area contributed by atoms with Gasteiger partial charge in [0.1, 0.15) is 18.3 Å². The standard InChI is InChI=1S/C25H21N3O2S/c1-30-28-22(17-29)23-18-31-24(26-23)27-25(19-11-5-2-6-12-19,20-13-7-3-8-14-20)21-15-9-4-10-16-21/h2-18H,1H3,(H,26,27). The number of nitrogens with one attached hydrogen (secondary N) is 1. The summed E-state index contributed by atoms with van der Waals surface area (Å²) >= 11 is 1.41. The summed E-state index contributed by atoms with van der Waals surface area (Å²) in [5.74, 6) is 0. The third kappa shape index (κ3) is 4.11. The quantitative estimate of drug-likeness (QED) is 0.184. The molecule has 4 aromatic rings. The van der Waals surface area contributed by atoms with Crippen LogP contribution in [0, 0.1) is 0 Å². The van der Waals surface area contributed by atoms with Crippen molar-refractivity contribution >= 4 is 28.5 Å². The second kappa shape index (κ2) is 9.36. The average molecular weight is 428 g/mol. The lowest BCUT2D eigenvalue weighted by molar-refractivity contribution is -0.102. The van der Waals surface area contributed by atoms with E-state index in [-0.39, 0.29) is 5.71 Å². The Morgan fingerprint density at radius 3 is 1.81 bits per heavy atom. The highest BCUT2D eigenvalue weighted by atomic mass is 32.1. The van der Waals surface area contributed by atoms with Crippen LogP contribution in [0.5, 0.6) is 0 Å². The van der Waals surface area contributed by atoms with Gasteiger partial charge in [0.15, 0.2) is 17.1 Å². The Bertz CT molecular complexity index is 1060. The molecular weight excluding hydrogens is 406 g/mol. The number of carbonyl (C=O) groups excluding carboxylic acids is 1. The summed E-state index contributed by atoms with van der Waals surface area (Å²) in [5, 5.41) is 9.90. The maximum absolute atomic E-state index is 11.4. The highest BCUT2D eigenvalue weighted by molar-refractivity contribution is 7.14. The summed E-state index contributed by atoms with van der Waals surface area (Å²) in [7, 11) is 1.40. The first-order chi connectivity index (χ1) is 15.3. The molecule has 0 radical (unpaired) electrons. The first kappa shape index (κ1) is 20.5. The van der Waals surface area contributed by atoms with Crippen LogP contribution in [0.3, 0.4) is 0 Å². The molecule has 5 nitrogen and oxygen atoms in total. The Morgan fingerprint density at radius 2 is 1.39 bits per heavy atom. The van der Waals surface area contributed by atoms with Gasteiger partial charge in [-0.2, -0.15) is 0 Å². The fourth-order valence-electron chi connectivity index (χ4n) is 3.62. The lowest BCUT2D eigenvalue weighted by atomic mass is 9.77. The number of aldehydes is 1. The van der Waals surface area contributed by atoms with Crippen molar-refractivity contribution in [3.8, 4) is 0 Å². The molecular formula is C25H21N3O2S. The van der Waals surface area contributed by atoms with Crippen molar-refractivity contribution in [3.05, 3.63) is 119 Å². The third-order valence-corrected chi connectivity index (χ3v) is 5.74. The Morgan fingerprint density at radius 1 is 0.903 bits per heavy atom. The first-order valence-corrected chi connectivity index (χ1v) is 10.6. The summed E-state index contributed by atoms with van der Waals surface area (Å²) in [5.41, 5.74) is 3.16. The van der Waals surface area contributed by atoms with Crippen molar-refractivity contribution in [2.24, 2.45) is 5.16 Å². The largest absolute Gasteiger partial charge is 0.398 e. The van der Waals surface area contributed by atoms with Gasteiger partial charge in [-0.1, -0.05) is 96.2 Å². The van der Waals surface area contributed by atoms with E-state index < -0.39 is 5.54 Å². The Labute approximate surface area is 185 Å². The Balaban J connectivity index is 1.90. The third-order valence-electron chi connectivity index (χ3n) is 4.98. The number of oxime groups is 1. The molecule has 1 aromatic heterocycles. The van der Waals surface area contributed by atoms with Crippen LogP contribution < -0.4 is 5.32 Å². The number of hydrogen-bond acceptors (Lipinski definition) is 6. The molecule has 1 heterocycles. The smallest absolute Gasteiger partial charge is 0.184 e. The molecule has 1 N–H and O–H groups in total. The maximum Gasteiger partial charge on any atom is 0.184 e. The summed E-state index contributed by atoms with van der Waals surface area (Å²) in [6.07, 6.45) is 0.640. The van der Waals surface area contributed by atoms with Gasteiger partial charge in [-0.25, -0.2) is 4.98 Å². The second-order valence-corrected chi connectivity index (χ2v) is 7.65. The summed E-state index contributed by atoms with van der Waals surface area (Å²) in [6.45, 7) is 0. The molecule has 0 aliphatic carbocycles. The predicted octanol–water partition coefficient (Wildman–Crippen LogP) is 5.10. The number of rotatable bonds is 8. The fraction of sp³-hybridized carbons (Fsp3) is 0.0800. The van der Waals surface area contributed by atoms with E-state index in [1.807, 2.05) is 54.6 Å². The van der Waals surface area contributed by atoms with Gasteiger partial charge < -0.3 is 10.2 Å². The van der Waals surface area contributed by atoms with Crippen molar-refractivity contribution in [1.82, 2.24) is 4.98 Å². The van der Waals surface area contributed by atoms with Gasteiger partial charge in [0.2, 0.25) is 0 Å². The highest BCUT2D eigenvalue weighted by Crippen LogP contribution is 2.40. The monoisotopic (exact) mass is 427 g/mol. The van der Waals surface area contributed by atoms with Crippen LogP contribution in [0.1, 0.15) is 22.4 Å². The Kier molecular flexibility index (Phi) is 6.19. The highest BCUT2D eigenvalue weighted by Gasteiger charge is 2.37. The zero-order chi connectivity index (χ0) is 21.5. The number of anilines is 1. The maximum atomic E-state index is 11.4. The van der Waals surface area contributed by atoms with Crippen LogP contribution in [0.25, 0.3) is 0 Å². The lowest BCUT2D eigenvalue weighted by Crippen LogP contribution is -2.38. The van der Waals surface area contributed by atoms with Crippen LogP contribution in [0.15, 0.2) is 102 Å². The number of benzene rings is 3. The van der Waals surface area contributed by atoms with Crippen LogP contribution in [-0.2, 0) is 15.2 Å². The van der Waals surface area contributed by atoms with E-state index in [4.69, 9.17) is 4.84 Å². The molecule has 0 atom stereocenters. The van der Waals surface area contributed by atoms with E-state index >= 15 is 0 Å². The van der Waals surface area contributed by atoms with Crippen molar-refractivity contribution in [2.45, 2.75) is 5.54 Å². The Hall–Kier alpha value is -3.77. The fourth-order valence-corrected chi connectivity index (χ4v) is 4.38. The van der Waals surface area contributed by atoms with Crippen molar-refractivity contribution in [2.75, 3.05) is 12.4 Å². The lowest BCUT2D eigenvalue weighted by Gasteiger charge is -2.36. The van der Waals surface area contributed by atoms with E-state index in [0.717, 1.165) is 16.7 Å². The van der Waals surface area contributed by atoms with Gasteiger partial charge in [-0.05, 0) is 16.7 Å². The normalized spacial score (nSPS) is 11.7. The van der Waals surface area contributed by atoms with Gasteiger partial charge in [-0.3, -0.25) is 4.79 Å². The minimum atomic E-state index is -0.682. The number of hydrogen-bond donors (Lipinski definition) is 1. The molecule has 0 fully saturated rings. The molecule has 0 bridgehead atoms. The van der Waals surface area contributed by atoms with Crippen LogP contribution in [0.4, 0.5) is 5.13 Å². The molecule has 3 aromatic carbocycles. The summed E-state index contributed by atoms with van der Waals surface area (Å²) in [6, 6.07) is 30.8. The molecule has 0 aliphatic rings. The van der Waals surface area contributed by atoms with Crippen LogP contribution in [0.2, 0.25) is 0 Å². The molecule has 6 heteroatoms. The summed E-state index contributed by atoms with van der Waals surface area (Å²) < 4.78 is 0. The number of nitrogens with zero attached hydrogens (tertiary/aromatic N) is 2. The molecule has 0 amide bonds. The van der Waals surface area contributed by atoms with E-state index in [1.54, 1.807) is 5.38 Å². The van der Waals surface area contributed by atoms with Crippen molar-refractivity contribution in [3.63, 3.8) is 0 Å². The van der Waals surface area contributed by atoms with E-state index in [0.29, 0.717) is 17.1 Å². The predicted molar refractivity (Wildman–Crippen MR) is 125 cm³/mol. The van der Waals surface area contributed by atoms with Crippen molar-refractivity contribution < 1.29 is 9.63 Å². The number of aromatic nitrogens is 1. The molecule has 0 saturated carbocycles. The zero-order valence-corrected chi connectivity index (χ0v) is 17.8. The van der Waals surface area contributed by atoms with E-state index in [2.05, 4.69) is 51.9 Å². The molecule has 0 saturated heterocycles. The topological polar surface area (TPSA) is 63.6 Å². The second-order valence-electron chi connectivity index (χ2n) is 6.79. The van der Waals surface area contributed by atoms with Gasteiger partial charge >= 0.3 is 0 Å². The van der Waals surface area contributed by atoms with Crippen LogP contribution >= 0.6 is 11.3 Å². The van der Waals surface area contributed by atoms with Gasteiger partial charge in [0, 0.05) is 5.38 Å². The molecule has 0 spiro atoms. The number of thiazole rings is 1. The van der Waals surface area contributed by atoms with Gasteiger partial charge in [0.05, 0.1) is 0 Å². The molecule has 154 valence electrons. The van der Waals surface area contributed by atoms with Crippen molar-refractivity contribution in [1.29, 1.82) is 0 Å². The van der Waals surface area contributed by atoms with E-state index in [9.17, 15) is 4.79 Å². The molecule has 0 unspecified atom stereocenters. The number of carbonyl (C=O) groups is 1. The molecule has 0 aliphatic heterocycles. The molecule has 4 rings (SSSR count). The van der Waals surface area contributed by atoms with Gasteiger partial charge in [0.25, 0.3) is 0 Å². The molecule has 31 heavy (non-hydrogen) atoms. The average Bonchev–Trinajstić information content (AvgIpc) is 3.31. The minimum absolute atomic E-state index is 0.150.